The first kappa shape index (κ1) is 10.0. The fourth-order valence-electron chi connectivity index (χ4n) is 1.74. The number of benzene rings is 1. The highest BCUT2D eigenvalue weighted by Crippen LogP contribution is 2.25. The molecular weight excluding hydrogens is 184 g/mol. The third-order valence-electron chi connectivity index (χ3n) is 2.56. The maximum atomic E-state index is 5.84. The molecule has 1 heterocycles. The third-order valence-corrected chi connectivity index (χ3v) is 2.56. The summed E-state index contributed by atoms with van der Waals surface area (Å²) < 4.78 is 5.84. The Balaban J connectivity index is 2.34. The van der Waals surface area contributed by atoms with Crippen LogP contribution in [0.5, 0.6) is 0 Å². The summed E-state index contributed by atoms with van der Waals surface area (Å²) >= 11 is 0. The zero-order chi connectivity index (χ0) is 10.7. The number of hydrogen-bond donors (Lipinski definition) is 0. The lowest BCUT2D eigenvalue weighted by atomic mass is 10.1. The van der Waals surface area contributed by atoms with Crippen LogP contribution >= 0.6 is 0 Å². The summed E-state index contributed by atoms with van der Waals surface area (Å²) in [5.74, 6) is 2.10. The highest BCUT2D eigenvalue weighted by atomic mass is 16.3. The maximum Gasteiger partial charge on any atom is 0.134 e. The van der Waals surface area contributed by atoms with E-state index in [-0.39, 0.29) is 0 Å². The minimum Gasteiger partial charge on any atom is -0.461 e. The van der Waals surface area contributed by atoms with Gasteiger partial charge in [0, 0.05) is 12.0 Å². The predicted molar refractivity (Wildman–Crippen MR) is 62.9 cm³/mol. The standard InChI is InChI=1S/C14H16O/c1-3-7-13-11(2)10-14(15-13)12-8-5-4-6-9-12/h4-6,8-10H,3,7H2,1-2H3. The summed E-state index contributed by atoms with van der Waals surface area (Å²) in [6.45, 7) is 4.28. The van der Waals surface area contributed by atoms with Gasteiger partial charge < -0.3 is 4.42 Å². The van der Waals surface area contributed by atoms with Gasteiger partial charge in [-0.25, -0.2) is 0 Å². The van der Waals surface area contributed by atoms with E-state index in [0.717, 1.165) is 29.9 Å². The summed E-state index contributed by atoms with van der Waals surface area (Å²) in [5, 5.41) is 0. The lowest BCUT2D eigenvalue weighted by molar-refractivity contribution is 0.516. The smallest absolute Gasteiger partial charge is 0.134 e. The Kier molecular flexibility index (Phi) is 2.91. The monoisotopic (exact) mass is 200 g/mol. The molecule has 0 atom stereocenters. The molecular formula is C14H16O. The average Bonchev–Trinajstić information content (AvgIpc) is 2.63. The highest BCUT2D eigenvalue weighted by Gasteiger charge is 2.07. The van der Waals surface area contributed by atoms with Crippen LogP contribution in [0.3, 0.4) is 0 Å². The molecule has 0 bridgehead atoms. The molecule has 0 aliphatic rings. The second kappa shape index (κ2) is 4.35. The Morgan fingerprint density at radius 3 is 2.53 bits per heavy atom. The van der Waals surface area contributed by atoms with Gasteiger partial charge in [-0.3, -0.25) is 0 Å². The van der Waals surface area contributed by atoms with Crippen LogP contribution in [0.15, 0.2) is 40.8 Å². The van der Waals surface area contributed by atoms with E-state index in [2.05, 4.69) is 32.0 Å². The third kappa shape index (κ3) is 2.12. The van der Waals surface area contributed by atoms with Gasteiger partial charge in [-0.05, 0) is 25.0 Å². The number of furan rings is 1. The van der Waals surface area contributed by atoms with Crippen molar-refractivity contribution >= 4 is 0 Å². The SMILES string of the molecule is CCCc1oc(-c2ccccc2)cc1C. The normalized spacial score (nSPS) is 10.5. The Morgan fingerprint density at radius 1 is 1.13 bits per heavy atom. The second-order valence-corrected chi connectivity index (χ2v) is 3.83. The molecule has 0 aliphatic carbocycles. The Labute approximate surface area is 90.7 Å². The van der Waals surface area contributed by atoms with Gasteiger partial charge in [0.15, 0.2) is 0 Å². The van der Waals surface area contributed by atoms with Crippen LogP contribution in [0.25, 0.3) is 11.3 Å². The predicted octanol–water partition coefficient (Wildman–Crippen LogP) is 4.21. The van der Waals surface area contributed by atoms with Crippen LogP contribution in [-0.2, 0) is 6.42 Å². The van der Waals surface area contributed by atoms with Crippen molar-refractivity contribution in [3.8, 4) is 11.3 Å². The molecule has 1 aromatic carbocycles. The Morgan fingerprint density at radius 2 is 1.87 bits per heavy atom. The minimum atomic E-state index is 0.983. The first-order valence-electron chi connectivity index (χ1n) is 5.46. The molecule has 0 radical (unpaired) electrons. The molecule has 78 valence electrons. The molecule has 1 nitrogen and oxygen atoms in total. The number of aryl methyl sites for hydroxylation is 2. The van der Waals surface area contributed by atoms with E-state index in [0.29, 0.717) is 0 Å². The molecule has 0 fully saturated rings. The van der Waals surface area contributed by atoms with E-state index in [1.165, 1.54) is 5.56 Å². The summed E-state index contributed by atoms with van der Waals surface area (Å²) in [6.07, 6.45) is 2.15. The van der Waals surface area contributed by atoms with Gasteiger partial charge in [-0.15, -0.1) is 0 Å². The van der Waals surface area contributed by atoms with Crippen molar-refractivity contribution in [2.24, 2.45) is 0 Å². The van der Waals surface area contributed by atoms with Crippen molar-refractivity contribution in [1.82, 2.24) is 0 Å². The van der Waals surface area contributed by atoms with Crippen LogP contribution in [0.2, 0.25) is 0 Å². The van der Waals surface area contributed by atoms with Gasteiger partial charge in [-0.1, -0.05) is 37.3 Å². The summed E-state index contributed by atoms with van der Waals surface area (Å²) in [7, 11) is 0. The summed E-state index contributed by atoms with van der Waals surface area (Å²) in [4.78, 5) is 0. The van der Waals surface area contributed by atoms with Crippen LogP contribution < -0.4 is 0 Å². The fourth-order valence-corrected chi connectivity index (χ4v) is 1.74. The molecule has 15 heavy (non-hydrogen) atoms. The molecule has 0 saturated carbocycles. The minimum absolute atomic E-state index is 0.983. The molecule has 1 aromatic heterocycles. The van der Waals surface area contributed by atoms with E-state index in [1.807, 2.05) is 18.2 Å². The van der Waals surface area contributed by atoms with E-state index in [1.54, 1.807) is 0 Å². The van der Waals surface area contributed by atoms with Crippen LogP contribution in [0.1, 0.15) is 24.7 Å². The van der Waals surface area contributed by atoms with E-state index >= 15 is 0 Å². The van der Waals surface area contributed by atoms with E-state index in [9.17, 15) is 0 Å². The highest BCUT2D eigenvalue weighted by molar-refractivity contribution is 5.58. The summed E-state index contributed by atoms with van der Waals surface area (Å²) in [5.41, 5.74) is 2.42. The van der Waals surface area contributed by atoms with Crippen molar-refractivity contribution in [1.29, 1.82) is 0 Å². The molecule has 1 heteroatoms. The quantitative estimate of drug-likeness (QED) is 0.723. The molecule has 0 amide bonds. The molecule has 2 aromatic rings. The zero-order valence-electron chi connectivity index (χ0n) is 9.29. The topological polar surface area (TPSA) is 13.1 Å². The van der Waals surface area contributed by atoms with Crippen molar-refractivity contribution in [2.75, 3.05) is 0 Å². The molecule has 2 rings (SSSR count). The first-order valence-corrected chi connectivity index (χ1v) is 5.46. The zero-order valence-corrected chi connectivity index (χ0v) is 9.29. The lowest BCUT2D eigenvalue weighted by Crippen LogP contribution is -1.80. The molecule has 0 spiro atoms. The summed E-state index contributed by atoms with van der Waals surface area (Å²) in [6, 6.07) is 12.4. The molecule has 0 aliphatic heterocycles. The lowest BCUT2D eigenvalue weighted by Gasteiger charge is -1.96. The van der Waals surface area contributed by atoms with Crippen molar-refractivity contribution in [3.63, 3.8) is 0 Å². The van der Waals surface area contributed by atoms with Gasteiger partial charge in [0.1, 0.15) is 11.5 Å². The number of rotatable bonds is 3. The van der Waals surface area contributed by atoms with Crippen molar-refractivity contribution < 1.29 is 4.42 Å². The second-order valence-electron chi connectivity index (χ2n) is 3.83. The largest absolute Gasteiger partial charge is 0.461 e. The van der Waals surface area contributed by atoms with Gasteiger partial charge in [0.05, 0.1) is 0 Å². The van der Waals surface area contributed by atoms with E-state index < -0.39 is 0 Å². The van der Waals surface area contributed by atoms with Gasteiger partial charge in [0.2, 0.25) is 0 Å². The fraction of sp³-hybridized carbons (Fsp3) is 0.286. The molecule has 0 saturated heterocycles. The Bertz CT molecular complexity index is 426. The van der Waals surface area contributed by atoms with Gasteiger partial charge in [-0.2, -0.15) is 0 Å². The van der Waals surface area contributed by atoms with Crippen LogP contribution in [0, 0.1) is 6.92 Å². The average molecular weight is 200 g/mol. The first-order chi connectivity index (χ1) is 7.31. The Hall–Kier alpha value is -1.50. The molecule has 0 unspecified atom stereocenters. The van der Waals surface area contributed by atoms with Crippen LogP contribution in [0.4, 0.5) is 0 Å². The van der Waals surface area contributed by atoms with E-state index in [4.69, 9.17) is 4.42 Å². The molecule has 0 N–H and O–H groups in total. The number of hydrogen-bond acceptors (Lipinski definition) is 1. The maximum absolute atomic E-state index is 5.84. The van der Waals surface area contributed by atoms with Crippen LogP contribution in [-0.4, -0.2) is 0 Å². The van der Waals surface area contributed by atoms with Gasteiger partial charge in [0.25, 0.3) is 0 Å². The van der Waals surface area contributed by atoms with Crippen molar-refractivity contribution in [2.45, 2.75) is 26.7 Å². The van der Waals surface area contributed by atoms with Crippen molar-refractivity contribution in [3.05, 3.63) is 47.7 Å². The van der Waals surface area contributed by atoms with Gasteiger partial charge >= 0.3 is 0 Å².